The Morgan fingerprint density at radius 3 is 2.62 bits per heavy atom. The van der Waals surface area contributed by atoms with E-state index in [4.69, 9.17) is 5.11 Å². The number of halogens is 1. The molecule has 0 aliphatic carbocycles. The molecule has 2 aromatic rings. The first-order valence-electron chi connectivity index (χ1n) is 6.37. The quantitative estimate of drug-likeness (QED) is 0.833. The van der Waals surface area contributed by atoms with E-state index in [1.165, 1.54) is 18.2 Å². The third kappa shape index (κ3) is 3.91. The van der Waals surface area contributed by atoms with Crippen LogP contribution in [0, 0.1) is 24.6 Å². The van der Waals surface area contributed by atoms with Crippen molar-refractivity contribution in [1.82, 2.24) is 0 Å². The summed E-state index contributed by atoms with van der Waals surface area (Å²) in [6.07, 6.45) is 0. The van der Waals surface area contributed by atoms with Gasteiger partial charge in [-0.25, -0.2) is 4.39 Å². The molecule has 4 heteroatoms. The maximum atomic E-state index is 13.5. The molecule has 0 heterocycles. The summed E-state index contributed by atoms with van der Waals surface area (Å²) in [5, 5.41) is 11.3. The molecule has 0 radical (unpaired) electrons. The molecular weight excluding hydrogens is 269 g/mol. The van der Waals surface area contributed by atoms with Crippen LogP contribution in [0.25, 0.3) is 0 Å². The standard InChI is InChI=1S/C17H14FNO2/c1-12-4-6-13(7-5-12)17(21)19-15-8-9-16(18)14(11-15)3-2-10-20/h4-9,11,20H,10H2,1H3,(H,19,21). The fraction of sp³-hybridized carbons (Fsp3) is 0.118. The van der Waals surface area contributed by atoms with Gasteiger partial charge in [0.15, 0.2) is 0 Å². The smallest absolute Gasteiger partial charge is 0.255 e. The van der Waals surface area contributed by atoms with Crippen LogP contribution in [-0.4, -0.2) is 17.6 Å². The minimum Gasteiger partial charge on any atom is -0.384 e. The second kappa shape index (κ2) is 6.69. The van der Waals surface area contributed by atoms with Crippen molar-refractivity contribution in [1.29, 1.82) is 0 Å². The lowest BCUT2D eigenvalue weighted by Gasteiger charge is -2.06. The molecule has 21 heavy (non-hydrogen) atoms. The maximum absolute atomic E-state index is 13.5. The van der Waals surface area contributed by atoms with E-state index in [1.807, 2.05) is 19.1 Å². The van der Waals surface area contributed by atoms with Gasteiger partial charge in [-0.15, -0.1) is 0 Å². The Hall–Kier alpha value is -2.64. The van der Waals surface area contributed by atoms with Gasteiger partial charge in [-0.3, -0.25) is 4.79 Å². The van der Waals surface area contributed by atoms with E-state index in [9.17, 15) is 9.18 Å². The van der Waals surface area contributed by atoms with E-state index in [0.717, 1.165) is 5.56 Å². The Kier molecular flexibility index (Phi) is 4.70. The summed E-state index contributed by atoms with van der Waals surface area (Å²) in [5.41, 5.74) is 2.16. The predicted octanol–water partition coefficient (Wildman–Crippen LogP) is 2.73. The summed E-state index contributed by atoms with van der Waals surface area (Å²) >= 11 is 0. The highest BCUT2D eigenvalue weighted by Gasteiger charge is 2.07. The first-order valence-corrected chi connectivity index (χ1v) is 6.37. The summed E-state index contributed by atoms with van der Waals surface area (Å²) in [5.74, 6) is 4.10. The fourth-order valence-corrected chi connectivity index (χ4v) is 1.74. The van der Waals surface area contributed by atoms with Gasteiger partial charge in [0.2, 0.25) is 0 Å². The SMILES string of the molecule is Cc1ccc(C(=O)Nc2ccc(F)c(C#CCO)c2)cc1. The first kappa shape index (κ1) is 14.8. The number of rotatable bonds is 2. The number of hydrogen-bond acceptors (Lipinski definition) is 2. The van der Waals surface area contributed by atoms with E-state index in [1.54, 1.807) is 12.1 Å². The molecule has 1 amide bonds. The third-order valence-corrected chi connectivity index (χ3v) is 2.84. The summed E-state index contributed by atoms with van der Waals surface area (Å²) in [6, 6.07) is 11.3. The lowest BCUT2D eigenvalue weighted by Crippen LogP contribution is -2.12. The zero-order valence-corrected chi connectivity index (χ0v) is 11.5. The Morgan fingerprint density at radius 2 is 1.95 bits per heavy atom. The number of aryl methyl sites for hydroxylation is 1. The van der Waals surface area contributed by atoms with E-state index < -0.39 is 5.82 Å². The average Bonchev–Trinajstić information content (AvgIpc) is 2.48. The van der Waals surface area contributed by atoms with Gasteiger partial charge in [0.05, 0.1) is 5.56 Å². The van der Waals surface area contributed by atoms with E-state index in [0.29, 0.717) is 11.3 Å². The molecule has 2 aromatic carbocycles. The number of nitrogens with one attached hydrogen (secondary N) is 1. The number of amides is 1. The Balaban J connectivity index is 2.19. The van der Waals surface area contributed by atoms with Gasteiger partial charge >= 0.3 is 0 Å². The highest BCUT2D eigenvalue weighted by Crippen LogP contribution is 2.15. The van der Waals surface area contributed by atoms with Crippen LogP contribution in [-0.2, 0) is 0 Å². The number of benzene rings is 2. The van der Waals surface area contributed by atoms with Gasteiger partial charge in [-0.2, -0.15) is 0 Å². The van der Waals surface area contributed by atoms with Gasteiger partial charge in [0.1, 0.15) is 12.4 Å². The van der Waals surface area contributed by atoms with Crippen molar-refractivity contribution in [3.05, 3.63) is 65.0 Å². The molecule has 0 aliphatic heterocycles. The molecule has 2 rings (SSSR count). The Bertz CT molecular complexity index is 712. The molecule has 106 valence electrons. The van der Waals surface area contributed by atoms with Crippen LogP contribution in [0.5, 0.6) is 0 Å². The maximum Gasteiger partial charge on any atom is 0.255 e. The van der Waals surface area contributed by atoms with Crippen LogP contribution < -0.4 is 5.32 Å². The Labute approximate surface area is 122 Å². The molecule has 0 saturated carbocycles. The summed E-state index contributed by atoms with van der Waals surface area (Å²) in [7, 11) is 0. The summed E-state index contributed by atoms with van der Waals surface area (Å²) < 4.78 is 13.5. The normalized spacial score (nSPS) is 9.67. The van der Waals surface area contributed by atoms with Crippen LogP contribution in [0.15, 0.2) is 42.5 Å². The predicted molar refractivity (Wildman–Crippen MR) is 79.5 cm³/mol. The van der Waals surface area contributed by atoms with E-state index in [-0.39, 0.29) is 18.1 Å². The molecule has 0 spiro atoms. The zero-order chi connectivity index (χ0) is 15.2. The van der Waals surface area contributed by atoms with Gasteiger partial charge < -0.3 is 10.4 Å². The largest absolute Gasteiger partial charge is 0.384 e. The van der Waals surface area contributed by atoms with Crippen LogP contribution in [0.2, 0.25) is 0 Å². The second-order valence-electron chi connectivity index (χ2n) is 4.47. The minimum atomic E-state index is -0.496. The van der Waals surface area contributed by atoms with Gasteiger partial charge in [0, 0.05) is 11.3 Å². The van der Waals surface area contributed by atoms with Gasteiger partial charge in [-0.1, -0.05) is 29.5 Å². The topological polar surface area (TPSA) is 49.3 Å². The number of aliphatic hydroxyl groups is 1. The molecule has 0 unspecified atom stereocenters. The zero-order valence-electron chi connectivity index (χ0n) is 11.5. The van der Waals surface area contributed by atoms with Crippen molar-refractivity contribution in [2.24, 2.45) is 0 Å². The monoisotopic (exact) mass is 283 g/mol. The second-order valence-corrected chi connectivity index (χ2v) is 4.47. The lowest BCUT2D eigenvalue weighted by atomic mass is 10.1. The van der Waals surface area contributed by atoms with Crippen molar-refractivity contribution >= 4 is 11.6 Å². The number of aliphatic hydroxyl groups excluding tert-OH is 1. The third-order valence-electron chi connectivity index (χ3n) is 2.84. The summed E-state index contributed by atoms with van der Waals surface area (Å²) in [6.45, 7) is 1.59. The van der Waals surface area contributed by atoms with Gasteiger partial charge in [-0.05, 0) is 37.3 Å². The fourth-order valence-electron chi connectivity index (χ4n) is 1.74. The number of carbonyl (C=O) groups excluding carboxylic acids is 1. The molecule has 2 N–H and O–H groups in total. The molecule has 0 atom stereocenters. The first-order chi connectivity index (χ1) is 10.1. The molecule has 3 nitrogen and oxygen atoms in total. The van der Waals surface area contributed by atoms with Gasteiger partial charge in [0.25, 0.3) is 5.91 Å². The average molecular weight is 283 g/mol. The van der Waals surface area contributed by atoms with Crippen molar-refractivity contribution in [2.75, 3.05) is 11.9 Å². The van der Waals surface area contributed by atoms with Crippen molar-refractivity contribution in [3.63, 3.8) is 0 Å². The molecule has 0 aliphatic rings. The summed E-state index contributed by atoms with van der Waals surface area (Å²) in [4.78, 5) is 12.1. The van der Waals surface area contributed by atoms with Crippen LogP contribution in [0.3, 0.4) is 0 Å². The van der Waals surface area contributed by atoms with E-state index >= 15 is 0 Å². The number of hydrogen-bond donors (Lipinski definition) is 2. The highest BCUT2D eigenvalue weighted by atomic mass is 19.1. The highest BCUT2D eigenvalue weighted by molar-refractivity contribution is 6.04. The Morgan fingerprint density at radius 1 is 1.24 bits per heavy atom. The number of anilines is 1. The van der Waals surface area contributed by atoms with Crippen LogP contribution >= 0.6 is 0 Å². The number of carbonyl (C=O) groups is 1. The van der Waals surface area contributed by atoms with Crippen molar-refractivity contribution in [2.45, 2.75) is 6.92 Å². The van der Waals surface area contributed by atoms with Crippen molar-refractivity contribution < 1.29 is 14.3 Å². The minimum absolute atomic E-state index is 0.130. The van der Waals surface area contributed by atoms with E-state index in [2.05, 4.69) is 17.2 Å². The molecule has 0 aromatic heterocycles. The van der Waals surface area contributed by atoms with Crippen molar-refractivity contribution in [3.8, 4) is 11.8 Å². The lowest BCUT2D eigenvalue weighted by molar-refractivity contribution is 0.102. The van der Waals surface area contributed by atoms with Crippen LogP contribution in [0.4, 0.5) is 10.1 Å². The van der Waals surface area contributed by atoms with Crippen LogP contribution in [0.1, 0.15) is 21.5 Å². The molecule has 0 fully saturated rings. The molecule has 0 saturated heterocycles. The molecular formula is C17H14FNO2. The molecule has 0 bridgehead atoms.